The highest BCUT2D eigenvalue weighted by Gasteiger charge is 2.19. The Balaban J connectivity index is 1.61. The lowest BCUT2D eigenvalue weighted by Crippen LogP contribution is -2.00. The summed E-state index contributed by atoms with van der Waals surface area (Å²) < 4.78 is 22.3. The highest BCUT2D eigenvalue weighted by Crippen LogP contribution is 2.42. The Morgan fingerprint density at radius 2 is 1.71 bits per heavy atom. The molecule has 2 heterocycles. The van der Waals surface area contributed by atoms with Gasteiger partial charge >= 0.3 is 5.88 Å². The van der Waals surface area contributed by atoms with Crippen LogP contribution in [0.25, 0.3) is 33.4 Å². The molecule has 0 saturated carbocycles. The molecule has 0 saturated heterocycles. The lowest BCUT2D eigenvalue weighted by Gasteiger charge is -2.17. The van der Waals surface area contributed by atoms with Crippen LogP contribution < -0.4 is 14.9 Å². The van der Waals surface area contributed by atoms with E-state index in [1.807, 2.05) is 31.2 Å². The molecular weight excluding hydrogens is 438 g/mol. The fraction of sp³-hybridized carbons (Fsp3) is 0.115. The number of ether oxygens (including phenoxy) is 2. The smallest absolute Gasteiger partial charge is 0.433 e. The zero-order chi connectivity index (χ0) is 23.8. The largest absolute Gasteiger partial charge is 0.497 e. The average Bonchev–Trinajstić information content (AvgIpc) is 3.31. The van der Waals surface area contributed by atoms with Crippen LogP contribution in [0, 0.1) is 17.0 Å². The van der Waals surface area contributed by atoms with Gasteiger partial charge in [0.15, 0.2) is 5.43 Å². The van der Waals surface area contributed by atoms with Crippen LogP contribution in [0.5, 0.6) is 11.5 Å². The Hall–Kier alpha value is -4.59. The van der Waals surface area contributed by atoms with E-state index in [1.54, 1.807) is 25.3 Å². The van der Waals surface area contributed by atoms with Crippen molar-refractivity contribution in [1.29, 1.82) is 0 Å². The van der Waals surface area contributed by atoms with E-state index in [-0.39, 0.29) is 17.9 Å². The number of rotatable bonds is 6. The van der Waals surface area contributed by atoms with Gasteiger partial charge in [-0.2, -0.15) is 0 Å². The van der Waals surface area contributed by atoms with E-state index in [0.29, 0.717) is 22.9 Å². The summed E-state index contributed by atoms with van der Waals surface area (Å²) in [6, 6.07) is 18.8. The number of nitrogens with zero attached hydrogens (tertiary/aromatic N) is 1. The van der Waals surface area contributed by atoms with Crippen LogP contribution in [-0.4, -0.2) is 12.0 Å². The van der Waals surface area contributed by atoms with E-state index in [1.165, 1.54) is 24.3 Å². The summed E-state index contributed by atoms with van der Waals surface area (Å²) in [7, 11) is 1.62. The van der Waals surface area contributed by atoms with Gasteiger partial charge in [0.1, 0.15) is 40.1 Å². The standard InChI is InChI=1S/C26H19NO7/c1-15-11-17(31-2)4-8-20(15)26-21-7-3-16(28)12-23(21)34-24-13-18(5-9-22(24)26)32-14-19-6-10-25(33-19)27(29)30/h3-13H,14H2,1-2H3. The van der Waals surface area contributed by atoms with E-state index in [2.05, 4.69) is 0 Å². The first-order valence-electron chi connectivity index (χ1n) is 10.4. The molecule has 3 aromatic rings. The van der Waals surface area contributed by atoms with Crippen molar-refractivity contribution in [2.45, 2.75) is 13.5 Å². The summed E-state index contributed by atoms with van der Waals surface area (Å²) in [4.78, 5) is 22.2. The SMILES string of the molecule is COc1ccc(-c2c3ccc(=O)cc-3oc3cc(OCc4ccc([N+](=O)[O-])o4)ccc23)c(C)c1. The first kappa shape index (κ1) is 21.3. The van der Waals surface area contributed by atoms with Crippen molar-refractivity contribution in [2.24, 2.45) is 0 Å². The molecule has 170 valence electrons. The first-order chi connectivity index (χ1) is 16.4. The summed E-state index contributed by atoms with van der Waals surface area (Å²) in [5, 5.41) is 11.7. The van der Waals surface area contributed by atoms with Crippen LogP contribution in [0.15, 0.2) is 80.4 Å². The molecule has 0 N–H and O–H groups in total. The Morgan fingerprint density at radius 1 is 0.912 bits per heavy atom. The average molecular weight is 457 g/mol. The second-order valence-electron chi connectivity index (χ2n) is 7.76. The minimum atomic E-state index is -0.601. The van der Waals surface area contributed by atoms with E-state index < -0.39 is 4.92 Å². The summed E-state index contributed by atoms with van der Waals surface area (Å²) in [5.74, 6) is 1.69. The molecule has 1 aromatic heterocycles. The minimum absolute atomic E-state index is 0.0160. The van der Waals surface area contributed by atoms with E-state index in [0.717, 1.165) is 33.4 Å². The van der Waals surface area contributed by atoms with Crippen molar-refractivity contribution in [3.05, 3.63) is 98.4 Å². The fourth-order valence-electron chi connectivity index (χ4n) is 3.97. The molecule has 1 aliphatic carbocycles. The summed E-state index contributed by atoms with van der Waals surface area (Å²) in [6.07, 6.45) is 0. The molecule has 0 bridgehead atoms. The zero-order valence-corrected chi connectivity index (χ0v) is 18.4. The second kappa shape index (κ2) is 8.40. The molecule has 0 atom stereocenters. The van der Waals surface area contributed by atoms with Gasteiger partial charge in [-0.1, -0.05) is 6.07 Å². The number of nitro groups is 1. The normalized spacial score (nSPS) is 11.1. The number of methoxy groups -OCH3 is 1. The highest BCUT2D eigenvalue weighted by molar-refractivity contribution is 6.02. The van der Waals surface area contributed by atoms with Crippen LogP contribution in [0.3, 0.4) is 0 Å². The summed E-state index contributed by atoms with van der Waals surface area (Å²) in [5.41, 5.74) is 4.13. The molecule has 0 unspecified atom stereocenters. The fourth-order valence-corrected chi connectivity index (χ4v) is 3.97. The van der Waals surface area contributed by atoms with Gasteiger partial charge in [-0.25, -0.2) is 0 Å². The first-order valence-corrected chi connectivity index (χ1v) is 10.4. The van der Waals surface area contributed by atoms with Gasteiger partial charge in [-0.15, -0.1) is 0 Å². The van der Waals surface area contributed by atoms with E-state index in [4.69, 9.17) is 18.3 Å². The second-order valence-corrected chi connectivity index (χ2v) is 7.76. The Morgan fingerprint density at radius 3 is 2.44 bits per heavy atom. The molecule has 0 spiro atoms. The maximum Gasteiger partial charge on any atom is 0.433 e. The van der Waals surface area contributed by atoms with Crippen molar-refractivity contribution in [3.8, 4) is 33.9 Å². The van der Waals surface area contributed by atoms with Gasteiger partial charge < -0.3 is 18.3 Å². The molecule has 8 heteroatoms. The Bertz CT molecular complexity index is 1560. The predicted octanol–water partition coefficient (Wildman–Crippen LogP) is 5.96. The predicted molar refractivity (Wildman–Crippen MR) is 126 cm³/mol. The molecular formula is C26H19NO7. The molecule has 8 nitrogen and oxygen atoms in total. The molecule has 1 aliphatic heterocycles. The Kier molecular flexibility index (Phi) is 5.25. The highest BCUT2D eigenvalue weighted by atomic mass is 16.6. The van der Waals surface area contributed by atoms with Crippen molar-refractivity contribution in [3.63, 3.8) is 0 Å². The number of fused-ring (bicyclic) bond motifs is 2. The van der Waals surface area contributed by atoms with Crippen LogP contribution in [0.1, 0.15) is 11.3 Å². The third-order valence-corrected chi connectivity index (χ3v) is 5.58. The zero-order valence-electron chi connectivity index (χ0n) is 18.4. The molecule has 0 amide bonds. The summed E-state index contributed by atoms with van der Waals surface area (Å²) in [6.45, 7) is 2.02. The lowest BCUT2D eigenvalue weighted by molar-refractivity contribution is -0.402. The van der Waals surface area contributed by atoms with Gasteiger partial charge in [-0.05, 0) is 60.5 Å². The molecule has 2 aromatic carbocycles. The maximum atomic E-state index is 12.0. The van der Waals surface area contributed by atoms with Crippen molar-refractivity contribution in [1.82, 2.24) is 0 Å². The van der Waals surface area contributed by atoms with Gasteiger partial charge in [0.2, 0.25) is 0 Å². The number of aryl methyl sites for hydroxylation is 1. The number of benzene rings is 3. The van der Waals surface area contributed by atoms with Crippen molar-refractivity contribution >= 4 is 16.9 Å². The molecule has 5 rings (SSSR count). The molecule has 34 heavy (non-hydrogen) atoms. The van der Waals surface area contributed by atoms with Gasteiger partial charge in [0.05, 0.1) is 13.2 Å². The maximum absolute atomic E-state index is 12.0. The monoisotopic (exact) mass is 457 g/mol. The summed E-state index contributed by atoms with van der Waals surface area (Å²) >= 11 is 0. The topological polar surface area (TPSA) is 105 Å². The third kappa shape index (κ3) is 3.86. The Labute approximate surface area is 193 Å². The van der Waals surface area contributed by atoms with E-state index in [9.17, 15) is 14.9 Å². The van der Waals surface area contributed by atoms with Crippen LogP contribution >= 0.6 is 0 Å². The van der Waals surface area contributed by atoms with Crippen LogP contribution in [0.4, 0.5) is 5.88 Å². The quantitative estimate of drug-likeness (QED) is 0.176. The van der Waals surface area contributed by atoms with Gasteiger partial charge in [0.25, 0.3) is 0 Å². The van der Waals surface area contributed by atoms with Gasteiger partial charge in [-0.3, -0.25) is 14.9 Å². The molecule has 2 aliphatic rings. The van der Waals surface area contributed by atoms with Crippen molar-refractivity contribution < 1.29 is 23.2 Å². The number of hydrogen-bond donors (Lipinski definition) is 0. The van der Waals surface area contributed by atoms with Gasteiger partial charge in [0, 0.05) is 28.6 Å². The minimum Gasteiger partial charge on any atom is -0.497 e. The molecule has 0 fully saturated rings. The van der Waals surface area contributed by atoms with Crippen molar-refractivity contribution in [2.75, 3.05) is 7.11 Å². The molecule has 0 radical (unpaired) electrons. The number of hydrogen-bond acceptors (Lipinski definition) is 7. The lowest BCUT2D eigenvalue weighted by atomic mass is 9.91. The van der Waals surface area contributed by atoms with E-state index >= 15 is 0 Å². The van der Waals surface area contributed by atoms with Crippen LogP contribution in [-0.2, 0) is 6.61 Å². The third-order valence-electron chi connectivity index (χ3n) is 5.58. The number of furan rings is 1. The van der Waals surface area contributed by atoms with Crippen LogP contribution in [0.2, 0.25) is 0 Å².